The minimum Gasteiger partial charge on any atom is -0.330 e. The van der Waals surface area contributed by atoms with Gasteiger partial charge in [0.05, 0.1) is 0 Å². The standard InChI is InChI=1S/C10H20N2/c11-8-10(7-9-1-2-9)3-5-12-6-4-10/h9,12H,1-8,11H2. The molecule has 2 fully saturated rings. The fourth-order valence-corrected chi connectivity index (χ4v) is 2.38. The molecule has 0 radical (unpaired) electrons. The van der Waals surface area contributed by atoms with Gasteiger partial charge in [-0.2, -0.15) is 0 Å². The molecular weight excluding hydrogens is 148 g/mol. The first-order valence-electron chi connectivity index (χ1n) is 5.25. The second kappa shape index (κ2) is 3.35. The minimum absolute atomic E-state index is 0.520. The van der Waals surface area contributed by atoms with E-state index in [2.05, 4.69) is 5.32 Å². The van der Waals surface area contributed by atoms with Crippen LogP contribution in [0.2, 0.25) is 0 Å². The van der Waals surface area contributed by atoms with Crippen LogP contribution < -0.4 is 11.1 Å². The molecule has 0 atom stereocenters. The van der Waals surface area contributed by atoms with Crippen molar-refractivity contribution < 1.29 is 0 Å². The summed E-state index contributed by atoms with van der Waals surface area (Å²) < 4.78 is 0. The van der Waals surface area contributed by atoms with E-state index in [-0.39, 0.29) is 0 Å². The number of hydrogen-bond donors (Lipinski definition) is 2. The van der Waals surface area contributed by atoms with E-state index in [9.17, 15) is 0 Å². The van der Waals surface area contributed by atoms with Crippen molar-refractivity contribution in [2.45, 2.75) is 32.1 Å². The third kappa shape index (κ3) is 1.80. The molecule has 2 nitrogen and oxygen atoms in total. The molecule has 1 saturated heterocycles. The van der Waals surface area contributed by atoms with Gasteiger partial charge in [0.15, 0.2) is 0 Å². The Morgan fingerprint density at radius 2 is 1.92 bits per heavy atom. The van der Waals surface area contributed by atoms with E-state index >= 15 is 0 Å². The van der Waals surface area contributed by atoms with Crippen molar-refractivity contribution in [1.82, 2.24) is 5.32 Å². The predicted octanol–water partition coefficient (Wildman–Crippen LogP) is 1.11. The normalized spacial score (nSPS) is 28.8. The molecule has 1 saturated carbocycles. The maximum atomic E-state index is 5.89. The molecule has 0 spiro atoms. The summed E-state index contributed by atoms with van der Waals surface area (Å²) in [6, 6.07) is 0. The second-order valence-corrected chi connectivity index (χ2v) is 4.60. The van der Waals surface area contributed by atoms with E-state index in [0.717, 1.165) is 12.5 Å². The summed E-state index contributed by atoms with van der Waals surface area (Å²) in [6.07, 6.45) is 6.95. The summed E-state index contributed by atoms with van der Waals surface area (Å²) in [6.45, 7) is 3.28. The summed E-state index contributed by atoms with van der Waals surface area (Å²) in [4.78, 5) is 0. The number of rotatable bonds is 3. The van der Waals surface area contributed by atoms with Crippen molar-refractivity contribution >= 4 is 0 Å². The van der Waals surface area contributed by atoms with Gasteiger partial charge in [-0.25, -0.2) is 0 Å². The summed E-state index contributed by atoms with van der Waals surface area (Å²) in [5.41, 5.74) is 6.41. The smallest absolute Gasteiger partial charge is 0.00195 e. The van der Waals surface area contributed by atoms with Crippen molar-refractivity contribution in [3.05, 3.63) is 0 Å². The van der Waals surface area contributed by atoms with Gasteiger partial charge >= 0.3 is 0 Å². The lowest BCUT2D eigenvalue weighted by molar-refractivity contribution is 0.184. The molecule has 1 aliphatic heterocycles. The second-order valence-electron chi connectivity index (χ2n) is 4.60. The Morgan fingerprint density at radius 3 is 2.42 bits per heavy atom. The highest BCUT2D eigenvalue weighted by atomic mass is 14.9. The molecule has 0 aromatic heterocycles. The molecule has 0 unspecified atom stereocenters. The average molecular weight is 168 g/mol. The summed E-state index contributed by atoms with van der Waals surface area (Å²) in [5, 5.41) is 3.41. The van der Waals surface area contributed by atoms with Gasteiger partial charge in [0.2, 0.25) is 0 Å². The predicted molar refractivity (Wildman–Crippen MR) is 50.9 cm³/mol. The number of hydrogen-bond acceptors (Lipinski definition) is 2. The Balaban J connectivity index is 1.90. The topological polar surface area (TPSA) is 38.0 Å². The lowest BCUT2D eigenvalue weighted by Gasteiger charge is -2.36. The first kappa shape index (κ1) is 8.52. The first-order chi connectivity index (χ1) is 5.85. The molecule has 1 heterocycles. The third-order valence-corrected chi connectivity index (χ3v) is 3.52. The molecule has 0 amide bonds. The Morgan fingerprint density at radius 1 is 1.25 bits per heavy atom. The van der Waals surface area contributed by atoms with E-state index in [1.165, 1.54) is 45.2 Å². The molecule has 12 heavy (non-hydrogen) atoms. The van der Waals surface area contributed by atoms with Crippen LogP contribution in [0.5, 0.6) is 0 Å². The zero-order valence-corrected chi connectivity index (χ0v) is 7.81. The summed E-state index contributed by atoms with van der Waals surface area (Å²) >= 11 is 0. The van der Waals surface area contributed by atoms with Crippen LogP contribution in [-0.4, -0.2) is 19.6 Å². The van der Waals surface area contributed by atoms with Gasteiger partial charge in [0, 0.05) is 0 Å². The molecule has 70 valence electrons. The van der Waals surface area contributed by atoms with E-state index in [0.29, 0.717) is 5.41 Å². The third-order valence-electron chi connectivity index (χ3n) is 3.52. The largest absolute Gasteiger partial charge is 0.330 e. The zero-order chi connectivity index (χ0) is 8.44. The van der Waals surface area contributed by atoms with E-state index in [1.807, 2.05) is 0 Å². The molecule has 0 aromatic rings. The number of nitrogens with one attached hydrogen (secondary N) is 1. The Labute approximate surface area is 74.9 Å². The number of nitrogens with two attached hydrogens (primary N) is 1. The molecule has 0 aromatic carbocycles. The van der Waals surface area contributed by atoms with Crippen LogP contribution in [0.1, 0.15) is 32.1 Å². The zero-order valence-electron chi connectivity index (χ0n) is 7.81. The highest BCUT2D eigenvalue weighted by molar-refractivity contribution is 4.90. The van der Waals surface area contributed by atoms with Crippen LogP contribution in [0.4, 0.5) is 0 Å². The van der Waals surface area contributed by atoms with Crippen LogP contribution in [0.3, 0.4) is 0 Å². The summed E-state index contributed by atoms with van der Waals surface area (Å²) in [7, 11) is 0. The van der Waals surface area contributed by atoms with Crippen LogP contribution in [0.25, 0.3) is 0 Å². The molecular formula is C10H20N2. The summed E-state index contributed by atoms with van der Waals surface area (Å²) in [5.74, 6) is 1.03. The van der Waals surface area contributed by atoms with Gasteiger partial charge in [-0.05, 0) is 50.2 Å². The van der Waals surface area contributed by atoms with Crippen molar-refractivity contribution in [2.75, 3.05) is 19.6 Å². The van der Waals surface area contributed by atoms with Gasteiger partial charge in [-0.3, -0.25) is 0 Å². The maximum Gasteiger partial charge on any atom is -0.00195 e. The Hall–Kier alpha value is -0.0800. The van der Waals surface area contributed by atoms with Crippen molar-refractivity contribution in [3.63, 3.8) is 0 Å². The van der Waals surface area contributed by atoms with E-state index in [1.54, 1.807) is 0 Å². The van der Waals surface area contributed by atoms with Crippen LogP contribution in [0, 0.1) is 11.3 Å². The van der Waals surface area contributed by atoms with E-state index < -0.39 is 0 Å². The minimum atomic E-state index is 0.520. The quantitative estimate of drug-likeness (QED) is 0.662. The molecule has 2 rings (SSSR count). The van der Waals surface area contributed by atoms with Crippen LogP contribution in [0.15, 0.2) is 0 Å². The monoisotopic (exact) mass is 168 g/mol. The molecule has 3 N–H and O–H groups in total. The van der Waals surface area contributed by atoms with E-state index in [4.69, 9.17) is 5.73 Å². The highest BCUT2D eigenvalue weighted by Crippen LogP contribution is 2.43. The van der Waals surface area contributed by atoms with Gasteiger partial charge in [-0.15, -0.1) is 0 Å². The highest BCUT2D eigenvalue weighted by Gasteiger charge is 2.36. The molecule has 2 aliphatic rings. The first-order valence-corrected chi connectivity index (χ1v) is 5.25. The fraction of sp³-hybridized carbons (Fsp3) is 1.00. The maximum absolute atomic E-state index is 5.89. The fourth-order valence-electron chi connectivity index (χ4n) is 2.38. The van der Waals surface area contributed by atoms with Crippen molar-refractivity contribution in [2.24, 2.45) is 17.1 Å². The molecule has 0 bridgehead atoms. The Bertz CT molecular complexity index is 146. The van der Waals surface area contributed by atoms with Crippen molar-refractivity contribution in [3.8, 4) is 0 Å². The lowest BCUT2D eigenvalue weighted by Crippen LogP contribution is -2.41. The van der Waals surface area contributed by atoms with Crippen LogP contribution >= 0.6 is 0 Å². The van der Waals surface area contributed by atoms with Gasteiger partial charge in [-0.1, -0.05) is 12.8 Å². The van der Waals surface area contributed by atoms with Gasteiger partial charge < -0.3 is 11.1 Å². The van der Waals surface area contributed by atoms with Crippen molar-refractivity contribution in [1.29, 1.82) is 0 Å². The average Bonchev–Trinajstić information content (AvgIpc) is 2.90. The SMILES string of the molecule is NCC1(CC2CC2)CCNCC1. The number of piperidine rings is 1. The van der Waals surface area contributed by atoms with Gasteiger partial charge in [0.1, 0.15) is 0 Å². The Kier molecular flexibility index (Phi) is 2.37. The molecule has 2 heteroatoms. The lowest BCUT2D eigenvalue weighted by atomic mass is 9.75. The molecule has 1 aliphatic carbocycles. The van der Waals surface area contributed by atoms with Crippen LogP contribution in [-0.2, 0) is 0 Å². The van der Waals surface area contributed by atoms with Gasteiger partial charge in [0.25, 0.3) is 0 Å².